The predicted octanol–water partition coefficient (Wildman–Crippen LogP) is 6.62. The van der Waals surface area contributed by atoms with Gasteiger partial charge in [0.05, 0.1) is 19.0 Å². The van der Waals surface area contributed by atoms with Crippen LogP contribution in [0, 0.1) is 13.8 Å². The Hall–Kier alpha value is -4.34. The molecule has 1 aliphatic heterocycles. The molecule has 1 aliphatic rings. The second-order valence-corrected chi connectivity index (χ2v) is 13.5. The largest absolute Gasteiger partial charge is 0.494 e. The number of sulfone groups is 1. The van der Waals surface area contributed by atoms with Gasteiger partial charge in [0.15, 0.2) is 0 Å². The van der Waals surface area contributed by atoms with Crippen LogP contribution in [0.4, 0.5) is 0 Å². The summed E-state index contributed by atoms with van der Waals surface area (Å²) in [6.45, 7) is 5.71. The molecule has 1 heterocycles. The third-order valence-corrected chi connectivity index (χ3v) is 8.70. The third kappa shape index (κ3) is 9.34. The third-order valence-electron chi connectivity index (χ3n) is 7.67. The van der Waals surface area contributed by atoms with E-state index in [0.29, 0.717) is 50.8 Å². The zero-order valence-electron chi connectivity index (χ0n) is 26.8. The number of carbonyl (C=O) groups is 1. The van der Waals surface area contributed by atoms with Gasteiger partial charge in [-0.2, -0.15) is 0 Å². The van der Waals surface area contributed by atoms with E-state index in [1.54, 1.807) is 0 Å². The number of fused-ring (bicyclic) bond motifs is 1. The summed E-state index contributed by atoms with van der Waals surface area (Å²) in [6.07, 6.45) is 3.06. The zero-order chi connectivity index (χ0) is 33.1. The van der Waals surface area contributed by atoms with Crippen LogP contribution in [0.1, 0.15) is 46.6 Å². The molecule has 244 valence electrons. The van der Waals surface area contributed by atoms with E-state index in [-0.39, 0.29) is 11.7 Å². The number of aryl methyl sites for hydroxylation is 2. The molecular weight excluding hydrogens is 604 g/mol. The highest BCUT2D eigenvalue weighted by Gasteiger charge is 2.24. The van der Waals surface area contributed by atoms with Crippen LogP contribution in [0.2, 0.25) is 0 Å². The lowest BCUT2D eigenvalue weighted by Crippen LogP contribution is -2.08. The molecule has 4 aromatic carbocycles. The second kappa shape index (κ2) is 16.3. The number of hydrogen-bond donors (Lipinski definition) is 1. The Morgan fingerprint density at radius 3 is 2.26 bits per heavy atom. The Balaban J connectivity index is 0.00000235. The summed E-state index contributed by atoms with van der Waals surface area (Å²) in [4.78, 5) is 11.0. The number of ether oxygens (including phenoxy) is 4. The number of carbonyl (C=O) groups excluding carboxylic acids is 1. The van der Waals surface area contributed by atoms with Crippen molar-refractivity contribution in [2.45, 2.75) is 45.8 Å². The molecule has 0 aromatic heterocycles. The van der Waals surface area contributed by atoms with Crippen molar-refractivity contribution in [3.05, 3.63) is 107 Å². The first-order chi connectivity index (χ1) is 22.2. The molecule has 1 unspecified atom stereocenters. The van der Waals surface area contributed by atoms with Crippen LogP contribution in [0.3, 0.4) is 0 Å². The summed E-state index contributed by atoms with van der Waals surface area (Å²) in [5.74, 6) is 3.19. The van der Waals surface area contributed by atoms with Gasteiger partial charge in [-0.05, 0) is 90.0 Å². The maximum absolute atomic E-state index is 11.5. The lowest BCUT2D eigenvalue weighted by Gasteiger charge is -2.19. The lowest BCUT2D eigenvalue weighted by molar-refractivity contribution is -0.108. The predicted molar refractivity (Wildman–Crippen MR) is 180 cm³/mol. The molecule has 0 saturated carbocycles. The molecule has 46 heavy (non-hydrogen) atoms. The molecule has 1 atom stereocenters. The Morgan fingerprint density at radius 1 is 0.848 bits per heavy atom. The summed E-state index contributed by atoms with van der Waals surface area (Å²) in [6, 6.07) is 25.8. The van der Waals surface area contributed by atoms with Crippen LogP contribution in [0.5, 0.6) is 23.0 Å². The van der Waals surface area contributed by atoms with Crippen molar-refractivity contribution in [2.75, 3.05) is 32.3 Å². The number of aliphatic hydroxyl groups is 1. The van der Waals surface area contributed by atoms with Gasteiger partial charge >= 0.3 is 0 Å². The molecule has 0 aliphatic carbocycles. The highest BCUT2D eigenvalue weighted by molar-refractivity contribution is 7.90. The fourth-order valence-corrected chi connectivity index (χ4v) is 6.16. The van der Waals surface area contributed by atoms with Gasteiger partial charge in [0, 0.05) is 37.3 Å². The first kappa shape index (κ1) is 34.5. The summed E-state index contributed by atoms with van der Waals surface area (Å²) >= 11 is 0. The first-order valence-corrected chi connectivity index (χ1v) is 17.3. The lowest BCUT2D eigenvalue weighted by atomic mass is 9.91. The maximum Gasteiger partial charge on any atom is 0.147 e. The van der Waals surface area contributed by atoms with Crippen LogP contribution in [0.15, 0.2) is 78.9 Å². The molecule has 8 nitrogen and oxygen atoms in total. The van der Waals surface area contributed by atoms with Crippen molar-refractivity contribution in [3.63, 3.8) is 0 Å². The summed E-state index contributed by atoms with van der Waals surface area (Å²) < 4.78 is 47.0. The van der Waals surface area contributed by atoms with E-state index in [1.165, 1.54) is 6.26 Å². The molecule has 1 N–H and O–H groups in total. The Kier molecular flexibility index (Phi) is 12.2. The number of benzene rings is 4. The van der Waals surface area contributed by atoms with Crippen LogP contribution in [0.25, 0.3) is 11.1 Å². The van der Waals surface area contributed by atoms with Crippen molar-refractivity contribution >= 4 is 16.1 Å². The summed E-state index contributed by atoms with van der Waals surface area (Å²) in [5, 5.41) is 7.00. The molecule has 0 radical (unpaired) electrons. The minimum absolute atomic E-state index is 0.0977. The van der Waals surface area contributed by atoms with Crippen molar-refractivity contribution in [3.8, 4) is 34.1 Å². The molecule has 0 spiro atoms. The van der Waals surface area contributed by atoms with Gasteiger partial charge in [-0.25, -0.2) is 8.42 Å². The highest BCUT2D eigenvalue weighted by atomic mass is 32.2. The molecule has 0 saturated heterocycles. The number of hydrogen-bond acceptors (Lipinski definition) is 8. The van der Waals surface area contributed by atoms with E-state index in [1.807, 2.05) is 60.7 Å². The number of aliphatic hydroxyl groups excluding tert-OH is 1. The Labute approximate surface area is 271 Å². The fourth-order valence-electron chi connectivity index (χ4n) is 5.52. The maximum atomic E-state index is 11.5. The van der Waals surface area contributed by atoms with Gasteiger partial charge in [0.25, 0.3) is 0 Å². The van der Waals surface area contributed by atoms with E-state index in [4.69, 9.17) is 24.1 Å². The molecule has 0 fully saturated rings. The minimum Gasteiger partial charge on any atom is -0.494 e. The second-order valence-electron chi connectivity index (χ2n) is 11.3. The molecule has 0 amide bonds. The van der Waals surface area contributed by atoms with E-state index in [0.717, 1.165) is 63.8 Å². The van der Waals surface area contributed by atoms with Gasteiger partial charge in [0.1, 0.15) is 52.3 Å². The topological polar surface area (TPSA) is 108 Å². The SMILES string of the molecule is CO.Cc1cc(OCCCS(C)(=O)=O)cc(C)c1-c1cc(COc2ccc3c(c2)OCC3CC=O)ccc1COc1ccccc1. The zero-order valence-corrected chi connectivity index (χ0v) is 27.6. The molecule has 0 bridgehead atoms. The number of rotatable bonds is 14. The van der Waals surface area contributed by atoms with Gasteiger partial charge in [0.2, 0.25) is 0 Å². The monoisotopic (exact) mass is 646 g/mol. The molecular formula is C37H42O8S. The van der Waals surface area contributed by atoms with Crippen LogP contribution < -0.4 is 18.9 Å². The molecule has 9 heteroatoms. The van der Waals surface area contributed by atoms with Crippen LogP contribution >= 0.6 is 0 Å². The van der Waals surface area contributed by atoms with Gasteiger partial charge in [-0.3, -0.25) is 0 Å². The molecule has 4 aromatic rings. The smallest absolute Gasteiger partial charge is 0.147 e. The van der Waals surface area contributed by atoms with E-state index >= 15 is 0 Å². The van der Waals surface area contributed by atoms with Gasteiger partial charge in [-0.1, -0.05) is 36.4 Å². The van der Waals surface area contributed by atoms with Crippen molar-refractivity contribution in [2.24, 2.45) is 0 Å². The first-order valence-electron chi connectivity index (χ1n) is 15.2. The van der Waals surface area contributed by atoms with Crippen molar-refractivity contribution in [1.29, 1.82) is 0 Å². The highest BCUT2D eigenvalue weighted by Crippen LogP contribution is 2.38. The Morgan fingerprint density at radius 2 is 1.57 bits per heavy atom. The number of aldehydes is 1. The van der Waals surface area contributed by atoms with E-state index in [9.17, 15) is 13.2 Å². The minimum atomic E-state index is -3.02. The summed E-state index contributed by atoms with van der Waals surface area (Å²) in [5.41, 5.74) is 7.32. The van der Waals surface area contributed by atoms with Crippen LogP contribution in [-0.2, 0) is 27.8 Å². The standard InChI is InChI=1S/C36H38O7S.CH4O/c1-25-18-32(40-16-7-17-44(3,38)39)19-26(2)36(25)34-20-27(10-11-28(34)23-42-30-8-5-4-6-9-30)22-41-31-12-13-33-29(14-15-37)24-43-35(33)21-31;1-2/h4-6,8-13,15,18-21,29H,7,14,16-17,22-24H2,1-3H3;2H,1H3. The van der Waals surface area contributed by atoms with Crippen LogP contribution in [-0.4, -0.2) is 52.1 Å². The van der Waals surface area contributed by atoms with E-state index < -0.39 is 9.84 Å². The quantitative estimate of drug-likeness (QED) is 0.120. The van der Waals surface area contributed by atoms with Crippen molar-refractivity contribution < 1.29 is 37.3 Å². The van der Waals surface area contributed by atoms with Gasteiger partial charge in [-0.15, -0.1) is 0 Å². The van der Waals surface area contributed by atoms with Crippen molar-refractivity contribution in [1.82, 2.24) is 0 Å². The average Bonchev–Trinajstić information content (AvgIpc) is 3.44. The van der Waals surface area contributed by atoms with Gasteiger partial charge < -0.3 is 28.8 Å². The normalized spacial score (nSPS) is 13.5. The average molecular weight is 647 g/mol. The fraction of sp³-hybridized carbons (Fsp3) is 0.324. The molecule has 5 rings (SSSR count). The summed E-state index contributed by atoms with van der Waals surface area (Å²) in [7, 11) is -2.02. The van der Waals surface area contributed by atoms with E-state index in [2.05, 4.69) is 32.0 Å². The Bertz CT molecular complexity index is 1690. The number of para-hydroxylation sites is 1.